The van der Waals surface area contributed by atoms with Gasteiger partial charge in [0.25, 0.3) is 0 Å². The fourth-order valence-corrected chi connectivity index (χ4v) is 4.04. The van der Waals surface area contributed by atoms with E-state index in [1.165, 1.54) is 0 Å². The minimum atomic E-state index is -1.31. The van der Waals surface area contributed by atoms with Crippen molar-refractivity contribution in [1.29, 1.82) is 0 Å². The standard InChI is InChI=1S/C13H28O4S2/c1-8(2)6-18-13(19-7-9(3)4)12(17)11(16)10(15)5-14/h8-17H,5-7H2,1-4H3. The maximum Gasteiger partial charge on any atom is 0.110 e. The van der Waals surface area contributed by atoms with E-state index >= 15 is 0 Å². The van der Waals surface area contributed by atoms with Crippen molar-refractivity contribution in [1.82, 2.24) is 0 Å². The van der Waals surface area contributed by atoms with Crippen LogP contribution in [0.4, 0.5) is 0 Å². The summed E-state index contributed by atoms with van der Waals surface area (Å²) >= 11 is 3.19. The quantitative estimate of drug-likeness (QED) is 0.453. The molecule has 4 N–H and O–H groups in total. The van der Waals surface area contributed by atoms with Crippen LogP contribution >= 0.6 is 23.5 Å². The zero-order valence-electron chi connectivity index (χ0n) is 12.2. The molecule has 4 nitrogen and oxygen atoms in total. The van der Waals surface area contributed by atoms with Crippen molar-refractivity contribution in [3.05, 3.63) is 0 Å². The summed E-state index contributed by atoms with van der Waals surface area (Å²) in [5, 5.41) is 38.2. The van der Waals surface area contributed by atoms with E-state index in [1.54, 1.807) is 23.5 Å². The molecule has 0 spiro atoms. The zero-order chi connectivity index (χ0) is 15.0. The van der Waals surface area contributed by atoms with E-state index in [0.29, 0.717) is 11.8 Å². The second-order valence-corrected chi connectivity index (χ2v) is 8.20. The number of hydrogen-bond acceptors (Lipinski definition) is 6. The SMILES string of the molecule is CC(C)CSC(SCC(C)C)C(O)C(O)C(O)CO. The Morgan fingerprint density at radius 3 is 1.53 bits per heavy atom. The summed E-state index contributed by atoms with van der Waals surface area (Å²) in [6.07, 6.45) is -3.65. The molecule has 0 fully saturated rings. The van der Waals surface area contributed by atoms with Crippen molar-refractivity contribution < 1.29 is 20.4 Å². The van der Waals surface area contributed by atoms with Gasteiger partial charge >= 0.3 is 0 Å². The lowest BCUT2D eigenvalue weighted by Gasteiger charge is -2.29. The number of aliphatic hydroxyl groups excluding tert-OH is 4. The molecule has 0 aromatic rings. The van der Waals surface area contributed by atoms with Crippen molar-refractivity contribution >= 4 is 23.5 Å². The first-order chi connectivity index (χ1) is 8.79. The Morgan fingerprint density at radius 2 is 1.21 bits per heavy atom. The Balaban J connectivity index is 4.51. The predicted molar refractivity (Wildman–Crippen MR) is 83.5 cm³/mol. The predicted octanol–water partition coefficient (Wildman–Crippen LogP) is 1.17. The van der Waals surface area contributed by atoms with E-state index < -0.39 is 24.9 Å². The average Bonchev–Trinajstić information content (AvgIpc) is 2.35. The molecule has 6 heteroatoms. The van der Waals surface area contributed by atoms with Crippen LogP contribution in [-0.2, 0) is 0 Å². The van der Waals surface area contributed by atoms with Gasteiger partial charge in [0.15, 0.2) is 0 Å². The minimum absolute atomic E-state index is 0.194. The highest BCUT2D eigenvalue weighted by atomic mass is 32.2. The van der Waals surface area contributed by atoms with E-state index in [-0.39, 0.29) is 4.58 Å². The van der Waals surface area contributed by atoms with Gasteiger partial charge in [-0.05, 0) is 23.3 Å². The molecule has 0 rings (SSSR count). The fourth-order valence-electron chi connectivity index (χ4n) is 1.32. The smallest absolute Gasteiger partial charge is 0.110 e. The minimum Gasteiger partial charge on any atom is -0.394 e. The normalized spacial score (nSPS) is 17.2. The first-order valence-electron chi connectivity index (χ1n) is 6.67. The van der Waals surface area contributed by atoms with Gasteiger partial charge in [0.2, 0.25) is 0 Å². The lowest BCUT2D eigenvalue weighted by atomic mass is 10.1. The third-order valence-corrected chi connectivity index (χ3v) is 6.15. The van der Waals surface area contributed by atoms with Gasteiger partial charge in [-0.3, -0.25) is 0 Å². The van der Waals surface area contributed by atoms with E-state index in [2.05, 4.69) is 27.7 Å². The summed E-state index contributed by atoms with van der Waals surface area (Å²) < 4.78 is -0.194. The molecular weight excluding hydrogens is 284 g/mol. The summed E-state index contributed by atoms with van der Waals surface area (Å²) in [4.78, 5) is 0. The highest BCUT2D eigenvalue weighted by Crippen LogP contribution is 2.31. The number of rotatable bonds is 10. The molecule has 0 aromatic carbocycles. The first-order valence-corrected chi connectivity index (χ1v) is 8.77. The molecule has 3 unspecified atom stereocenters. The van der Waals surface area contributed by atoms with Crippen molar-refractivity contribution in [2.45, 2.75) is 50.6 Å². The number of hydrogen-bond donors (Lipinski definition) is 4. The summed E-state index contributed by atoms with van der Waals surface area (Å²) in [5.41, 5.74) is 0. The van der Waals surface area contributed by atoms with Crippen LogP contribution in [0.5, 0.6) is 0 Å². The van der Waals surface area contributed by atoms with Crippen LogP contribution in [0.25, 0.3) is 0 Å². The maximum absolute atomic E-state index is 10.1. The third kappa shape index (κ3) is 8.42. The highest BCUT2D eigenvalue weighted by molar-refractivity contribution is 8.17. The molecule has 0 aliphatic carbocycles. The summed E-state index contributed by atoms with van der Waals surface area (Å²) in [7, 11) is 0. The van der Waals surface area contributed by atoms with Crippen molar-refractivity contribution in [2.75, 3.05) is 18.1 Å². The van der Waals surface area contributed by atoms with Crippen LogP contribution in [0.3, 0.4) is 0 Å². The lowest BCUT2D eigenvalue weighted by molar-refractivity contribution is -0.0706. The van der Waals surface area contributed by atoms with Gasteiger partial charge in [0, 0.05) is 0 Å². The number of thioether (sulfide) groups is 2. The van der Waals surface area contributed by atoms with Crippen LogP contribution in [-0.4, -0.2) is 61.4 Å². The van der Waals surface area contributed by atoms with Gasteiger partial charge in [0.05, 0.1) is 11.2 Å². The first kappa shape index (κ1) is 19.5. The molecular formula is C13H28O4S2. The summed E-state index contributed by atoms with van der Waals surface area (Å²) in [5.74, 6) is 2.77. The molecule has 0 amide bonds. The van der Waals surface area contributed by atoms with Gasteiger partial charge in [-0.1, -0.05) is 27.7 Å². The Morgan fingerprint density at radius 1 is 0.789 bits per heavy atom. The van der Waals surface area contributed by atoms with Gasteiger partial charge < -0.3 is 20.4 Å². The Bertz CT molecular complexity index is 215. The molecule has 19 heavy (non-hydrogen) atoms. The van der Waals surface area contributed by atoms with Crippen molar-refractivity contribution in [3.63, 3.8) is 0 Å². The van der Waals surface area contributed by atoms with Crippen LogP contribution in [0.2, 0.25) is 0 Å². The molecule has 0 radical (unpaired) electrons. The van der Waals surface area contributed by atoms with Gasteiger partial charge in [0.1, 0.15) is 18.3 Å². The molecule has 0 bridgehead atoms. The van der Waals surface area contributed by atoms with Gasteiger partial charge in [-0.2, -0.15) is 0 Å². The second-order valence-electron chi connectivity index (χ2n) is 5.55. The Hall–Kier alpha value is 0.540. The van der Waals surface area contributed by atoms with E-state index in [0.717, 1.165) is 11.5 Å². The molecule has 0 aliphatic rings. The molecule has 0 saturated carbocycles. The Kier molecular flexibility index (Phi) is 10.6. The summed E-state index contributed by atoms with van der Waals surface area (Å²) in [6.45, 7) is 7.85. The Labute approximate surface area is 125 Å². The fraction of sp³-hybridized carbons (Fsp3) is 1.00. The molecule has 116 valence electrons. The third-order valence-electron chi connectivity index (χ3n) is 2.40. The molecule has 3 atom stereocenters. The summed E-state index contributed by atoms with van der Waals surface area (Å²) in [6, 6.07) is 0. The lowest BCUT2D eigenvalue weighted by Crippen LogP contribution is -2.44. The van der Waals surface area contributed by atoms with Crippen LogP contribution in [0, 0.1) is 11.8 Å². The highest BCUT2D eigenvalue weighted by Gasteiger charge is 2.31. The van der Waals surface area contributed by atoms with Gasteiger partial charge in [-0.25, -0.2) is 0 Å². The monoisotopic (exact) mass is 312 g/mol. The van der Waals surface area contributed by atoms with E-state index in [9.17, 15) is 15.3 Å². The van der Waals surface area contributed by atoms with Crippen LogP contribution < -0.4 is 0 Å². The van der Waals surface area contributed by atoms with E-state index in [1.807, 2.05) is 0 Å². The van der Waals surface area contributed by atoms with Gasteiger partial charge in [-0.15, -0.1) is 23.5 Å². The topological polar surface area (TPSA) is 80.9 Å². The molecule has 0 heterocycles. The van der Waals surface area contributed by atoms with Crippen LogP contribution in [0.15, 0.2) is 0 Å². The molecule has 0 aromatic heterocycles. The second kappa shape index (κ2) is 10.3. The van der Waals surface area contributed by atoms with E-state index in [4.69, 9.17) is 5.11 Å². The molecule has 0 saturated heterocycles. The average molecular weight is 312 g/mol. The largest absolute Gasteiger partial charge is 0.394 e. The zero-order valence-corrected chi connectivity index (χ0v) is 13.8. The molecule has 0 aliphatic heterocycles. The van der Waals surface area contributed by atoms with Crippen molar-refractivity contribution in [3.8, 4) is 0 Å². The number of aliphatic hydroxyl groups is 4. The van der Waals surface area contributed by atoms with Crippen LogP contribution in [0.1, 0.15) is 27.7 Å². The maximum atomic E-state index is 10.1. The van der Waals surface area contributed by atoms with Crippen molar-refractivity contribution in [2.24, 2.45) is 11.8 Å².